The quantitative estimate of drug-likeness (QED) is 0.751. The molecule has 3 heteroatoms. The number of rotatable bonds is 4. The summed E-state index contributed by atoms with van der Waals surface area (Å²) in [6, 6.07) is 9.39. The zero-order chi connectivity index (χ0) is 12.1. The lowest BCUT2D eigenvalue weighted by atomic mass is 9.87. The molecule has 0 spiro atoms. The van der Waals surface area contributed by atoms with Crippen LogP contribution in [0, 0.1) is 0 Å². The van der Waals surface area contributed by atoms with Gasteiger partial charge in [0.2, 0.25) is 0 Å². The van der Waals surface area contributed by atoms with Crippen molar-refractivity contribution in [3.05, 3.63) is 35.9 Å². The van der Waals surface area contributed by atoms with Gasteiger partial charge in [-0.25, -0.2) is 0 Å². The molecule has 17 heavy (non-hydrogen) atoms. The van der Waals surface area contributed by atoms with Gasteiger partial charge in [-0.3, -0.25) is 4.79 Å². The minimum Gasteiger partial charge on any atom is -0.381 e. The number of benzene rings is 1. The molecular formula is C14H18O3. The summed E-state index contributed by atoms with van der Waals surface area (Å²) >= 11 is 0. The van der Waals surface area contributed by atoms with E-state index in [1.54, 1.807) is 7.11 Å². The summed E-state index contributed by atoms with van der Waals surface area (Å²) in [5, 5.41) is 0. The molecule has 3 nitrogen and oxygen atoms in total. The van der Waals surface area contributed by atoms with Gasteiger partial charge < -0.3 is 9.47 Å². The van der Waals surface area contributed by atoms with Crippen LogP contribution in [-0.2, 0) is 9.47 Å². The van der Waals surface area contributed by atoms with E-state index in [9.17, 15) is 4.79 Å². The van der Waals surface area contributed by atoms with Crippen LogP contribution in [0.2, 0.25) is 0 Å². The molecule has 1 saturated heterocycles. The van der Waals surface area contributed by atoms with E-state index < -0.39 is 0 Å². The van der Waals surface area contributed by atoms with Gasteiger partial charge in [0.05, 0.1) is 5.60 Å². The molecule has 1 aliphatic heterocycles. The predicted octanol–water partition coefficient (Wildman–Crippen LogP) is 2.46. The summed E-state index contributed by atoms with van der Waals surface area (Å²) in [7, 11) is 1.68. The van der Waals surface area contributed by atoms with Crippen molar-refractivity contribution in [2.75, 3.05) is 20.3 Å². The largest absolute Gasteiger partial charge is 0.381 e. The first-order valence-corrected chi connectivity index (χ1v) is 5.97. The first kappa shape index (κ1) is 12.3. The van der Waals surface area contributed by atoms with Crippen molar-refractivity contribution in [1.29, 1.82) is 0 Å². The summed E-state index contributed by atoms with van der Waals surface area (Å²) in [5.74, 6) is 0.148. The van der Waals surface area contributed by atoms with Crippen LogP contribution < -0.4 is 0 Å². The minimum atomic E-state index is -0.328. The number of hydrogen-bond acceptors (Lipinski definition) is 3. The van der Waals surface area contributed by atoms with Gasteiger partial charge in [-0.15, -0.1) is 0 Å². The second-order valence-corrected chi connectivity index (χ2v) is 4.47. The number of ether oxygens (including phenoxy) is 2. The average Bonchev–Trinajstić information content (AvgIpc) is 2.41. The maximum absolute atomic E-state index is 12.2. The van der Waals surface area contributed by atoms with Crippen molar-refractivity contribution in [2.24, 2.45) is 0 Å². The van der Waals surface area contributed by atoms with Crippen LogP contribution in [0.3, 0.4) is 0 Å². The molecule has 0 aliphatic carbocycles. The molecule has 1 fully saturated rings. The lowest BCUT2D eigenvalue weighted by molar-refractivity contribution is -0.0881. The van der Waals surface area contributed by atoms with Gasteiger partial charge in [-0.1, -0.05) is 30.3 Å². The fourth-order valence-corrected chi connectivity index (χ4v) is 2.22. The van der Waals surface area contributed by atoms with Gasteiger partial charge in [-0.2, -0.15) is 0 Å². The zero-order valence-electron chi connectivity index (χ0n) is 10.1. The molecule has 0 atom stereocenters. The molecule has 2 rings (SSSR count). The molecule has 1 aliphatic rings. The topological polar surface area (TPSA) is 35.5 Å². The second-order valence-electron chi connectivity index (χ2n) is 4.47. The van der Waals surface area contributed by atoms with E-state index in [2.05, 4.69) is 0 Å². The molecule has 92 valence electrons. The van der Waals surface area contributed by atoms with Gasteiger partial charge in [0, 0.05) is 45.1 Å². The van der Waals surface area contributed by atoms with Crippen molar-refractivity contribution >= 4 is 5.78 Å². The van der Waals surface area contributed by atoms with Gasteiger partial charge in [-0.05, 0) is 0 Å². The van der Waals surface area contributed by atoms with Crippen LogP contribution in [-0.4, -0.2) is 31.7 Å². The molecule has 0 radical (unpaired) electrons. The van der Waals surface area contributed by atoms with Crippen molar-refractivity contribution in [3.8, 4) is 0 Å². The Morgan fingerprint density at radius 3 is 2.53 bits per heavy atom. The zero-order valence-corrected chi connectivity index (χ0v) is 10.1. The van der Waals surface area contributed by atoms with E-state index in [0.717, 1.165) is 18.4 Å². The SMILES string of the molecule is COC1(CC(=O)c2ccccc2)CCOCC1. The Morgan fingerprint density at radius 2 is 1.94 bits per heavy atom. The lowest BCUT2D eigenvalue weighted by Gasteiger charge is -2.35. The van der Waals surface area contributed by atoms with E-state index in [-0.39, 0.29) is 11.4 Å². The summed E-state index contributed by atoms with van der Waals surface area (Å²) in [6.07, 6.45) is 2.03. The van der Waals surface area contributed by atoms with Crippen LogP contribution in [0.4, 0.5) is 0 Å². The van der Waals surface area contributed by atoms with Crippen LogP contribution in [0.1, 0.15) is 29.6 Å². The second kappa shape index (κ2) is 5.43. The Labute approximate surface area is 102 Å². The fourth-order valence-electron chi connectivity index (χ4n) is 2.22. The van der Waals surface area contributed by atoms with Crippen molar-refractivity contribution < 1.29 is 14.3 Å². The summed E-state index contributed by atoms with van der Waals surface area (Å²) in [5.41, 5.74) is 0.431. The summed E-state index contributed by atoms with van der Waals surface area (Å²) in [4.78, 5) is 12.2. The molecule has 0 amide bonds. The molecule has 1 aromatic carbocycles. The smallest absolute Gasteiger partial charge is 0.165 e. The van der Waals surface area contributed by atoms with Gasteiger partial charge in [0.15, 0.2) is 5.78 Å². The van der Waals surface area contributed by atoms with E-state index in [0.29, 0.717) is 19.6 Å². The van der Waals surface area contributed by atoms with E-state index in [4.69, 9.17) is 9.47 Å². The monoisotopic (exact) mass is 234 g/mol. The van der Waals surface area contributed by atoms with Gasteiger partial charge >= 0.3 is 0 Å². The predicted molar refractivity (Wildman–Crippen MR) is 65.2 cm³/mol. The Morgan fingerprint density at radius 1 is 1.29 bits per heavy atom. The maximum atomic E-state index is 12.2. The average molecular weight is 234 g/mol. The van der Waals surface area contributed by atoms with E-state index in [1.807, 2.05) is 30.3 Å². The lowest BCUT2D eigenvalue weighted by Crippen LogP contribution is -2.40. The van der Waals surface area contributed by atoms with Crippen molar-refractivity contribution in [2.45, 2.75) is 24.9 Å². The van der Waals surface area contributed by atoms with Crippen LogP contribution in [0.25, 0.3) is 0 Å². The van der Waals surface area contributed by atoms with Crippen molar-refractivity contribution in [1.82, 2.24) is 0 Å². The van der Waals surface area contributed by atoms with Gasteiger partial charge in [0.25, 0.3) is 0 Å². The van der Waals surface area contributed by atoms with Crippen LogP contribution in [0.15, 0.2) is 30.3 Å². The molecule has 0 unspecified atom stereocenters. The highest BCUT2D eigenvalue weighted by molar-refractivity contribution is 5.96. The highest BCUT2D eigenvalue weighted by Crippen LogP contribution is 2.29. The number of methoxy groups -OCH3 is 1. The highest BCUT2D eigenvalue weighted by atomic mass is 16.5. The summed E-state index contributed by atoms with van der Waals surface area (Å²) < 4.78 is 10.9. The molecule has 0 bridgehead atoms. The van der Waals surface area contributed by atoms with Gasteiger partial charge in [0.1, 0.15) is 0 Å². The number of ketones is 1. The molecular weight excluding hydrogens is 216 g/mol. The number of carbonyl (C=O) groups excluding carboxylic acids is 1. The number of hydrogen-bond donors (Lipinski definition) is 0. The third-order valence-electron chi connectivity index (χ3n) is 3.42. The summed E-state index contributed by atoms with van der Waals surface area (Å²) in [6.45, 7) is 1.35. The first-order valence-electron chi connectivity index (χ1n) is 5.97. The van der Waals surface area contributed by atoms with Crippen molar-refractivity contribution in [3.63, 3.8) is 0 Å². The third kappa shape index (κ3) is 2.93. The van der Waals surface area contributed by atoms with Crippen LogP contribution in [0.5, 0.6) is 0 Å². The Kier molecular flexibility index (Phi) is 3.92. The highest BCUT2D eigenvalue weighted by Gasteiger charge is 2.34. The molecule has 0 saturated carbocycles. The molecule has 0 N–H and O–H groups in total. The maximum Gasteiger partial charge on any atom is 0.165 e. The minimum absolute atomic E-state index is 0.148. The number of carbonyl (C=O) groups is 1. The standard InChI is InChI=1S/C14H18O3/c1-16-14(7-9-17-10-8-14)11-13(15)12-5-3-2-4-6-12/h2-6H,7-11H2,1H3. The molecule has 1 aromatic rings. The Balaban J connectivity index is 2.06. The fraction of sp³-hybridized carbons (Fsp3) is 0.500. The first-order chi connectivity index (χ1) is 8.26. The van der Waals surface area contributed by atoms with E-state index in [1.165, 1.54) is 0 Å². The normalized spacial score (nSPS) is 18.9. The Bertz CT molecular complexity index is 366. The third-order valence-corrected chi connectivity index (χ3v) is 3.42. The number of Topliss-reactive ketones (excluding diaryl/α,β-unsaturated/α-hetero) is 1. The molecule has 0 aromatic heterocycles. The van der Waals surface area contributed by atoms with Crippen LogP contribution >= 0.6 is 0 Å². The Hall–Kier alpha value is -1.19. The van der Waals surface area contributed by atoms with E-state index >= 15 is 0 Å². The molecule has 1 heterocycles.